The highest BCUT2D eigenvalue weighted by atomic mass is 16.2. The molecule has 148 valence electrons. The van der Waals surface area contributed by atoms with E-state index in [1.807, 2.05) is 25.1 Å². The summed E-state index contributed by atoms with van der Waals surface area (Å²) in [5, 5.41) is 8.88. The van der Waals surface area contributed by atoms with Gasteiger partial charge in [0.05, 0.1) is 11.1 Å². The Labute approximate surface area is 165 Å². The van der Waals surface area contributed by atoms with Gasteiger partial charge in [0.15, 0.2) is 0 Å². The Kier molecular flexibility index (Phi) is 4.29. The molecule has 2 aromatic rings. The Morgan fingerprint density at radius 3 is 2.36 bits per heavy atom. The number of nitrogens with zero attached hydrogens (tertiary/aromatic N) is 2. The largest absolute Gasteiger partial charge is 0.354 e. The van der Waals surface area contributed by atoms with Gasteiger partial charge < -0.3 is 5.32 Å². The smallest absolute Gasteiger partial charge is 0.275 e. The minimum atomic E-state index is -0.197. The van der Waals surface area contributed by atoms with Gasteiger partial charge in [-0.3, -0.25) is 9.59 Å². The first-order chi connectivity index (χ1) is 13.5. The van der Waals surface area contributed by atoms with Crippen molar-refractivity contribution >= 4 is 16.7 Å². The van der Waals surface area contributed by atoms with E-state index in [4.69, 9.17) is 0 Å². The third-order valence-corrected chi connectivity index (χ3v) is 7.49. The van der Waals surface area contributed by atoms with Crippen molar-refractivity contribution in [2.75, 3.05) is 6.54 Å². The lowest BCUT2D eigenvalue weighted by atomic mass is 9.49. The van der Waals surface area contributed by atoms with Crippen molar-refractivity contribution in [3.8, 4) is 0 Å². The second kappa shape index (κ2) is 6.71. The van der Waals surface area contributed by atoms with Crippen molar-refractivity contribution in [2.24, 2.45) is 23.2 Å². The molecule has 0 spiro atoms. The Morgan fingerprint density at radius 2 is 1.71 bits per heavy atom. The second-order valence-electron chi connectivity index (χ2n) is 9.61. The number of aryl methyl sites for hydroxylation is 1. The summed E-state index contributed by atoms with van der Waals surface area (Å²) in [6.45, 7) is 2.58. The molecule has 1 amide bonds. The summed E-state index contributed by atoms with van der Waals surface area (Å²) < 4.78 is 1.30. The zero-order valence-electron chi connectivity index (χ0n) is 16.6. The number of benzene rings is 1. The first kappa shape index (κ1) is 17.9. The van der Waals surface area contributed by atoms with Crippen LogP contribution in [0.1, 0.15) is 50.6 Å². The fourth-order valence-electron chi connectivity index (χ4n) is 6.77. The van der Waals surface area contributed by atoms with Gasteiger partial charge >= 0.3 is 0 Å². The van der Waals surface area contributed by atoms with Crippen LogP contribution in [0.15, 0.2) is 29.1 Å². The van der Waals surface area contributed by atoms with E-state index in [1.54, 1.807) is 6.07 Å². The average molecular weight is 380 g/mol. The highest BCUT2D eigenvalue weighted by Crippen LogP contribution is 2.61. The van der Waals surface area contributed by atoms with Crippen molar-refractivity contribution in [3.63, 3.8) is 0 Å². The zero-order chi connectivity index (χ0) is 19.3. The van der Waals surface area contributed by atoms with Gasteiger partial charge in [-0.2, -0.15) is 5.10 Å². The predicted octanol–water partition coefficient (Wildman–Crippen LogP) is 3.43. The van der Waals surface area contributed by atoms with Crippen LogP contribution >= 0.6 is 0 Å². The molecule has 5 heteroatoms. The number of carbonyl (C=O) groups excluding carboxylic acids is 1. The van der Waals surface area contributed by atoms with Gasteiger partial charge in [-0.15, -0.1) is 0 Å². The summed E-state index contributed by atoms with van der Waals surface area (Å²) in [4.78, 5) is 25.1. The van der Waals surface area contributed by atoms with E-state index in [0.29, 0.717) is 17.3 Å². The lowest BCUT2D eigenvalue weighted by Gasteiger charge is -2.57. The molecule has 4 bridgehead atoms. The van der Waals surface area contributed by atoms with Gasteiger partial charge in [-0.25, -0.2) is 4.68 Å². The van der Waals surface area contributed by atoms with E-state index < -0.39 is 0 Å². The molecule has 0 atom stereocenters. The van der Waals surface area contributed by atoms with E-state index in [-0.39, 0.29) is 18.0 Å². The number of fused-ring (bicyclic) bond motifs is 1. The molecule has 1 aromatic heterocycles. The van der Waals surface area contributed by atoms with Gasteiger partial charge in [0, 0.05) is 11.9 Å². The lowest BCUT2D eigenvalue weighted by Crippen LogP contribution is -2.47. The predicted molar refractivity (Wildman–Crippen MR) is 109 cm³/mol. The second-order valence-corrected chi connectivity index (χ2v) is 9.61. The molecule has 1 N–H and O–H groups in total. The molecule has 1 aromatic carbocycles. The summed E-state index contributed by atoms with van der Waals surface area (Å²) in [5.74, 6) is 2.69. The molecule has 1 heterocycles. The molecule has 0 unspecified atom stereocenters. The molecule has 4 aliphatic carbocycles. The van der Waals surface area contributed by atoms with Crippen molar-refractivity contribution in [1.82, 2.24) is 15.1 Å². The van der Waals surface area contributed by atoms with Gasteiger partial charge in [-0.05, 0) is 81.1 Å². The summed E-state index contributed by atoms with van der Waals surface area (Å²) in [6.07, 6.45) is 9.51. The molecular formula is C23H29N3O2. The molecule has 0 saturated heterocycles. The normalized spacial score (nSPS) is 30.7. The fourth-order valence-corrected chi connectivity index (χ4v) is 6.77. The summed E-state index contributed by atoms with van der Waals surface area (Å²) in [5.41, 5.74) is 1.05. The number of rotatable bonds is 5. The molecule has 28 heavy (non-hydrogen) atoms. The van der Waals surface area contributed by atoms with E-state index in [1.165, 1.54) is 43.2 Å². The SMILES string of the molecule is Cc1nn(CC(=O)NCCC23CC4CC(CC(C4)C2)C3)c(=O)c2ccccc12. The van der Waals surface area contributed by atoms with Crippen LogP contribution in [0.4, 0.5) is 0 Å². The van der Waals surface area contributed by atoms with Gasteiger partial charge in [0.25, 0.3) is 5.56 Å². The van der Waals surface area contributed by atoms with E-state index in [0.717, 1.165) is 35.3 Å². The first-order valence-corrected chi connectivity index (χ1v) is 10.7. The minimum Gasteiger partial charge on any atom is -0.354 e. The Bertz CT molecular complexity index is 942. The number of carbonyl (C=O) groups is 1. The number of amides is 1. The number of hydrogen-bond acceptors (Lipinski definition) is 3. The van der Waals surface area contributed by atoms with E-state index in [9.17, 15) is 9.59 Å². The quantitative estimate of drug-likeness (QED) is 0.866. The molecule has 0 radical (unpaired) electrons. The molecule has 4 saturated carbocycles. The average Bonchev–Trinajstić information content (AvgIpc) is 2.65. The van der Waals surface area contributed by atoms with E-state index >= 15 is 0 Å². The highest BCUT2D eigenvalue weighted by molar-refractivity contribution is 5.83. The fraction of sp³-hybridized carbons (Fsp3) is 0.609. The van der Waals surface area contributed by atoms with Crippen LogP contribution in [0.25, 0.3) is 10.8 Å². The number of nitrogens with one attached hydrogen (secondary N) is 1. The van der Waals surface area contributed by atoms with Crippen LogP contribution in [0.3, 0.4) is 0 Å². The first-order valence-electron chi connectivity index (χ1n) is 10.7. The monoisotopic (exact) mass is 379 g/mol. The maximum absolute atomic E-state index is 12.6. The van der Waals surface area contributed by atoms with Crippen LogP contribution in [0, 0.1) is 30.1 Å². The maximum atomic E-state index is 12.6. The van der Waals surface area contributed by atoms with Crippen molar-refractivity contribution in [3.05, 3.63) is 40.3 Å². The van der Waals surface area contributed by atoms with Crippen LogP contribution in [-0.4, -0.2) is 22.2 Å². The van der Waals surface area contributed by atoms with Crippen LogP contribution < -0.4 is 10.9 Å². The van der Waals surface area contributed by atoms with Crippen LogP contribution in [-0.2, 0) is 11.3 Å². The Morgan fingerprint density at radius 1 is 1.11 bits per heavy atom. The topological polar surface area (TPSA) is 64.0 Å². The minimum absolute atomic E-state index is 0.00855. The zero-order valence-corrected chi connectivity index (χ0v) is 16.6. The maximum Gasteiger partial charge on any atom is 0.275 e. The molecule has 4 aliphatic rings. The van der Waals surface area contributed by atoms with Gasteiger partial charge in [0.2, 0.25) is 5.91 Å². The molecule has 6 rings (SSSR count). The van der Waals surface area contributed by atoms with E-state index in [2.05, 4.69) is 10.4 Å². The van der Waals surface area contributed by atoms with Crippen molar-refractivity contribution in [2.45, 2.75) is 58.4 Å². The highest BCUT2D eigenvalue weighted by Gasteiger charge is 2.50. The molecule has 4 fully saturated rings. The lowest BCUT2D eigenvalue weighted by molar-refractivity contribution is -0.122. The van der Waals surface area contributed by atoms with Crippen LogP contribution in [0.2, 0.25) is 0 Å². The summed E-state index contributed by atoms with van der Waals surface area (Å²) in [7, 11) is 0. The van der Waals surface area contributed by atoms with Crippen LogP contribution in [0.5, 0.6) is 0 Å². The third kappa shape index (κ3) is 3.15. The summed E-state index contributed by atoms with van der Waals surface area (Å²) >= 11 is 0. The molecular weight excluding hydrogens is 350 g/mol. The van der Waals surface area contributed by atoms with Gasteiger partial charge in [-0.1, -0.05) is 18.2 Å². The van der Waals surface area contributed by atoms with Crippen molar-refractivity contribution < 1.29 is 4.79 Å². The Balaban J connectivity index is 1.22. The third-order valence-electron chi connectivity index (χ3n) is 7.49. The molecule has 0 aliphatic heterocycles. The van der Waals surface area contributed by atoms with Crippen molar-refractivity contribution in [1.29, 1.82) is 0 Å². The standard InChI is InChI=1S/C23H29N3O2/c1-15-19-4-2-3-5-20(19)22(28)26(25-15)14-21(27)24-7-6-23-11-16-8-17(12-23)10-18(9-16)13-23/h2-5,16-18H,6-14H2,1H3,(H,24,27). The number of hydrogen-bond donors (Lipinski definition) is 1. The molecule has 5 nitrogen and oxygen atoms in total. The summed E-state index contributed by atoms with van der Waals surface area (Å²) in [6, 6.07) is 7.44. The Hall–Kier alpha value is -2.17. The number of aromatic nitrogens is 2. The van der Waals surface area contributed by atoms with Gasteiger partial charge in [0.1, 0.15) is 6.54 Å².